The molecule has 0 bridgehead atoms. The molecule has 2 aliphatic rings. The number of rotatable bonds is 4. The minimum atomic E-state index is -0.894. The zero-order valence-corrected chi connectivity index (χ0v) is 15.5. The van der Waals surface area contributed by atoms with Gasteiger partial charge < -0.3 is 4.74 Å². The number of benzene rings is 2. The molecular weight excluding hydrogens is 356 g/mol. The van der Waals surface area contributed by atoms with E-state index in [2.05, 4.69) is 0 Å². The smallest absolute Gasteiger partial charge is 0.327 e. The number of hydrogen-bond donors (Lipinski definition) is 0. The number of hydrogen-bond acceptors (Lipinski definition) is 3. The first kappa shape index (κ1) is 16.8. The minimum Gasteiger partial charge on any atom is -0.345 e. The Hall–Kier alpha value is -1.69. The second-order valence-electron chi connectivity index (χ2n) is 6.10. The van der Waals surface area contributed by atoms with Crippen molar-refractivity contribution >= 4 is 35.1 Å². The van der Waals surface area contributed by atoms with Crippen LogP contribution < -0.4 is 4.90 Å². The molecule has 0 aliphatic carbocycles. The van der Waals surface area contributed by atoms with E-state index in [1.807, 2.05) is 64.6 Å². The molecule has 0 radical (unpaired) electrons. The molecule has 0 aromatic heterocycles. The lowest BCUT2D eigenvalue weighted by molar-refractivity contribution is -0.0346. The summed E-state index contributed by atoms with van der Waals surface area (Å²) in [4.78, 5) is 16.9. The highest BCUT2D eigenvalue weighted by atomic mass is 35.5. The number of carbonyl (C=O) groups is 1. The zero-order chi connectivity index (χ0) is 17.4. The summed E-state index contributed by atoms with van der Waals surface area (Å²) in [5.41, 5.74) is 1.87. The molecule has 0 N–H and O–H groups in total. The Balaban J connectivity index is 1.94. The van der Waals surface area contributed by atoms with Gasteiger partial charge in [-0.3, -0.25) is 9.80 Å². The average molecular weight is 375 g/mol. The van der Waals surface area contributed by atoms with Gasteiger partial charge in [-0.2, -0.15) is 11.8 Å². The van der Waals surface area contributed by atoms with Gasteiger partial charge in [0, 0.05) is 35.0 Å². The van der Waals surface area contributed by atoms with Gasteiger partial charge in [-0.05, 0) is 24.5 Å². The molecule has 2 aliphatic heterocycles. The number of amides is 2. The summed E-state index contributed by atoms with van der Waals surface area (Å²) < 4.78 is 6.25. The average Bonchev–Trinajstić information content (AvgIpc) is 3.09. The van der Waals surface area contributed by atoms with Crippen LogP contribution in [0.5, 0.6) is 0 Å². The number of anilines is 1. The highest BCUT2D eigenvalue weighted by Crippen LogP contribution is 2.49. The summed E-state index contributed by atoms with van der Waals surface area (Å²) in [5, 5.41) is 0.642. The summed E-state index contributed by atoms with van der Waals surface area (Å²) in [6, 6.07) is 15.6. The van der Waals surface area contributed by atoms with Crippen LogP contribution in [0.15, 0.2) is 48.5 Å². The molecule has 4 nitrogen and oxygen atoms in total. The van der Waals surface area contributed by atoms with Crippen LogP contribution in [0, 0.1) is 0 Å². The molecule has 130 valence electrons. The van der Waals surface area contributed by atoms with Crippen molar-refractivity contribution in [2.24, 2.45) is 0 Å². The molecule has 2 aromatic carbocycles. The van der Waals surface area contributed by atoms with Gasteiger partial charge in [-0.1, -0.05) is 41.9 Å². The molecule has 0 saturated carbocycles. The van der Waals surface area contributed by atoms with Gasteiger partial charge in [0.05, 0.1) is 12.3 Å². The topological polar surface area (TPSA) is 32.8 Å². The standard InChI is InChI=1S/C19H19ClN2O2S/c1-25-12-10-21-17-8-7-15(20)13-16(17)19(14-5-3-2-4-6-14)22(18(21)23)9-11-24-19/h2-8,13H,9-12H2,1H3. The van der Waals surface area contributed by atoms with Crippen molar-refractivity contribution in [3.05, 3.63) is 64.7 Å². The van der Waals surface area contributed by atoms with Crippen molar-refractivity contribution in [1.29, 1.82) is 0 Å². The molecule has 1 atom stereocenters. The maximum atomic E-state index is 13.3. The molecule has 6 heteroatoms. The Morgan fingerprint density at radius 3 is 2.80 bits per heavy atom. The number of fused-ring (bicyclic) bond motifs is 3. The van der Waals surface area contributed by atoms with Gasteiger partial charge in [0.25, 0.3) is 0 Å². The molecule has 1 unspecified atom stereocenters. The summed E-state index contributed by atoms with van der Waals surface area (Å²) in [5.74, 6) is 0.876. The monoisotopic (exact) mass is 374 g/mol. The number of nitrogens with zero attached hydrogens (tertiary/aromatic N) is 2. The molecule has 2 aromatic rings. The van der Waals surface area contributed by atoms with Crippen molar-refractivity contribution in [3.63, 3.8) is 0 Å². The van der Waals surface area contributed by atoms with Gasteiger partial charge in [-0.25, -0.2) is 4.79 Å². The van der Waals surface area contributed by atoms with Crippen LogP contribution in [0.2, 0.25) is 5.02 Å². The van der Waals surface area contributed by atoms with Crippen molar-refractivity contribution in [1.82, 2.24) is 4.90 Å². The molecular formula is C19H19ClN2O2S. The number of carbonyl (C=O) groups excluding carboxylic acids is 1. The van der Waals surface area contributed by atoms with E-state index in [9.17, 15) is 4.79 Å². The molecule has 1 saturated heterocycles. The third kappa shape index (κ3) is 2.53. The second-order valence-corrected chi connectivity index (χ2v) is 7.52. The van der Waals surface area contributed by atoms with Crippen molar-refractivity contribution in [2.75, 3.05) is 36.6 Å². The lowest BCUT2D eigenvalue weighted by Gasteiger charge is -2.46. The van der Waals surface area contributed by atoms with E-state index in [1.54, 1.807) is 11.8 Å². The predicted molar refractivity (Wildman–Crippen MR) is 102 cm³/mol. The van der Waals surface area contributed by atoms with E-state index in [0.29, 0.717) is 24.7 Å². The van der Waals surface area contributed by atoms with Crippen LogP contribution >= 0.6 is 23.4 Å². The Kier molecular flexibility index (Phi) is 4.40. The zero-order valence-electron chi connectivity index (χ0n) is 13.9. The highest BCUT2D eigenvalue weighted by Gasteiger charge is 2.54. The van der Waals surface area contributed by atoms with E-state index in [-0.39, 0.29) is 6.03 Å². The van der Waals surface area contributed by atoms with E-state index in [1.165, 1.54) is 0 Å². The molecule has 2 amide bonds. The number of urea groups is 1. The summed E-state index contributed by atoms with van der Waals surface area (Å²) in [6.45, 7) is 1.73. The van der Waals surface area contributed by atoms with E-state index in [0.717, 1.165) is 22.6 Å². The normalized spacial score (nSPS) is 22.1. The van der Waals surface area contributed by atoms with Crippen LogP contribution in [-0.4, -0.2) is 42.6 Å². The Morgan fingerprint density at radius 1 is 1.24 bits per heavy atom. The van der Waals surface area contributed by atoms with Crippen molar-refractivity contribution < 1.29 is 9.53 Å². The fourth-order valence-corrected chi connectivity index (χ4v) is 4.23. The van der Waals surface area contributed by atoms with Crippen molar-refractivity contribution in [3.8, 4) is 0 Å². The number of ether oxygens (including phenoxy) is 1. The molecule has 4 rings (SSSR count). The fourth-order valence-electron chi connectivity index (χ4n) is 3.69. The first-order valence-corrected chi connectivity index (χ1v) is 10.0. The predicted octanol–water partition coefficient (Wildman–Crippen LogP) is 4.18. The first-order chi connectivity index (χ1) is 12.2. The SMILES string of the molecule is CSCCN1C(=O)N2CCOC2(c2ccccc2)c2cc(Cl)ccc21. The minimum absolute atomic E-state index is 0.00905. The van der Waals surface area contributed by atoms with Gasteiger partial charge in [0.2, 0.25) is 0 Å². The number of thioether (sulfide) groups is 1. The molecule has 2 heterocycles. The van der Waals surface area contributed by atoms with Crippen molar-refractivity contribution in [2.45, 2.75) is 5.72 Å². The van der Waals surface area contributed by atoms with Crippen LogP contribution in [0.25, 0.3) is 0 Å². The van der Waals surface area contributed by atoms with Crippen LogP contribution in [0.4, 0.5) is 10.5 Å². The molecule has 0 spiro atoms. The van der Waals surface area contributed by atoms with E-state index in [4.69, 9.17) is 16.3 Å². The van der Waals surface area contributed by atoms with Gasteiger partial charge in [-0.15, -0.1) is 0 Å². The van der Waals surface area contributed by atoms with E-state index >= 15 is 0 Å². The van der Waals surface area contributed by atoms with Gasteiger partial charge in [0.15, 0.2) is 5.72 Å². The largest absolute Gasteiger partial charge is 0.345 e. The second kappa shape index (κ2) is 6.56. The first-order valence-electron chi connectivity index (χ1n) is 8.26. The summed E-state index contributed by atoms with van der Waals surface area (Å²) in [7, 11) is 0. The molecule has 1 fully saturated rings. The van der Waals surface area contributed by atoms with Gasteiger partial charge >= 0.3 is 6.03 Å². The lowest BCUT2D eigenvalue weighted by Crippen LogP contribution is -2.57. The fraction of sp³-hybridized carbons (Fsp3) is 0.316. The van der Waals surface area contributed by atoms with Gasteiger partial charge in [0.1, 0.15) is 0 Å². The lowest BCUT2D eigenvalue weighted by atomic mass is 9.89. The van der Waals surface area contributed by atoms with Crippen LogP contribution in [-0.2, 0) is 10.5 Å². The Labute approximate surface area is 156 Å². The van der Waals surface area contributed by atoms with E-state index < -0.39 is 5.72 Å². The quantitative estimate of drug-likeness (QED) is 0.805. The highest BCUT2D eigenvalue weighted by molar-refractivity contribution is 7.98. The maximum absolute atomic E-state index is 13.3. The molecule has 25 heavy (non-hydrogen) atoms. The van der Waals surface area contributed by atoms with Crippen LogP contribution in [0.1, 0.15) is 11.1 Å². The summed E-state index contributed by atoms with van der Waals surface area (Å²) >= 11 is 8.05. The van der Waals surface area contributed by atoms with Crippen LogP contribution in [0.3, 0.4) is 0 Å². The third-order valence-corrected chi connectivity index (χ3v) is 5.59. The Morgan fingerprint density at radius 2 is 2.04 bits per heavy atom. The maximum Gasteiger partial charge on any atom is 0.327 e. The summed E-state index contributed by atoms with van der Waals surface area (Å²) in [6.07, 6.45) is 2.05. The number of halogens is 1. The Bertz CT molecular complexity index is 801. The third-order valence-electron chi connectivity index (χ3n) is 4.77.